The van der Waals surface area contributed by atoms with Gasteiger partial charge in [0, 0.05) is 25.7 Å². The molecule has 0 bridgehead atoms. The van der Waals surface area contributed by atoms with Crippen LogP contribution in [0.15, 0.2) is 0 Å². The number of carbonyl (C=O) groups excluding carboxylic acids is 4. The zero-order chi connectivity index (χ0) is 68.0. The highest BCUT2D eigenvalue weighted by molar-refractivity contribution is 7.47. The summed E-state index contributed by atoms with van der Waals surface area (Å²) < 4.78 is 68.4. The molecule has 0 aliphatic carbocycles. The molecule has 17 nitrogen and oxygen atoms in total. The second kappa shape index (κ2) is 63.8. The predicted octanol–water partition coefficient (Wildman–Crippen LogP) is 21.0. The fourth-order valence-electron chi connectivity index (χ4n) is 11.0. The normalized spacial score (nSPS) is 14.4. The van der Waals surface area contributed by atoms with E-state index in [2.05, 4.69) is 48.5 Å². The van der Waals surface area contributed by atoms with E-state index in [1.54, 1.807) is 0 Å². The molecule has 19 heteroatoms. The quantitative estimate of drug-likeness (QED) is 0.0222. The van der Waals surface area contributed by atoms with E-state index < -0.39 is 97.5 Å². The standard InChI is InChI=1S/C73H142O17P2/c1-8-10-11-12-13-14-15-16-17-20-27-34-42-49-56-72(77)90-69(61-84-71(76)55-48-41-36-29-31-38-45-52-65(5)6)63-88-92(81,82)86-59-67(74)58-85-91(79,80)87-62-68(89-73(78)57-50-43-35-28-21-18-19-24-30-37-44-51-64(3)4)60-83-70(75)54-47-40-33-26-23-22-25-32-39-46-53-66(7)9-2/h64-69,74H,8-63H2,1-7H3,(H,79,80)(H,81,82)/t66?,67-,68-,69-/m1/s1. The van der Waals surface area contributed by atoms with Crippen LogP contribution >= 0.6 is 15.6 Å². The largest absolute Gasteiger partial charge is 0.472 e. The number of phosphoric acid groups is 2. The Morgan fingerprint density at radius 1 is 0.315 bits per heavy atom. The van der Waals surface area contributed by atoms with Crippen LogP contribution in [0, 0.1) is 17.8 Å². The van der Waals surface area contributed by atoms with Crippen molar-refractivity contribution in [3.8, 4) is 0 Å². The lowest BCUT2D eigenvalue weighted by atomic mass is 9.99. The van der Waals surface area contributed by atoms with Crippen molar-refractivity contribution in [3.05, 3.63) is 0 Å². The van der Waals surface area contributed by atoms with Crippen LogP contribution < -0.4 is 0 Å². The summed E-state index contributed by atoms with van der Waals surface area (Å²) in [6.45, 7) is 11.9. The highest BCUT2D eigenvalue weighted by Crippen LogP contribution is 2.45. The molecule has 0 radical (unpaired) electrons. The molecule has 0 aromatic carbocycles. The summed E-state index contributed by atoms with van der Waals surface area (Å²) in [7, 11) is -9.91. The van der Waals surface area contributed by atoms with E-state index in [0.29, 0.717) is 31.6 Å². The van der Waals surface area contributed by atoms with Gasteiger partial charge in [0.1, 0.15) is 19.3 Å². The van der Waals surface area contributed by atoms with E-state index >= 15 is 0 Å². The molecule has 546 valence electrons. The number of phosphoric ester groups is 2. The molecule has 0 aromatic heterocycles. The molecule has 3 unspecified atom stereocenters. The monoisotopic (exact) mass is 1350 g/mol. The van der Waals surface area contributed by atoms with E-state index in [1.165, 1.54) is 173 Å². The first-order valence-corrected chi connectivity index (χ1v) is 40.9. The number of ether oxygens (including phenoxy) is 4. The molecule has 0 aromatic rings. The number of unbranched alkanes of at least 4 members (excludes halogenated alkanes) is 38. The fourth-order valence-corrected chi connectivity index (χ4v) is 12.6. The molecule has 92 heavy (non-hydrogen) atoms. The van der Waals surface area contributed by atoms with Gasteiger partial charge < -0.3 is 33.8 Å². The molecule has 0 spiro atoms. The first kappa shape index (κ1) is 90.1. The number of esters is 4. The van der Waals surface area contributed by atoms with Crippen molar-refractivity contribution in [2.45, 2.75) is 388 Å². The molecular formula is C73H142O17P2. The molecule has 3 N–H and O–H groups in total. The zero-order valence-electron chi connectivity index (χ0n) is 60.0. The summed E-state index contributed by atoms with van der Waals surface area (Å²) in [6, 6.07) is 0. The molecular weight excluding hydrogens is 1210 g/mol. The van der Waals surface area contributed by atoms with Gasteiger partial charge in [-0.1, -0.05) is 318 Å². The van der Waals surface area contributed by atoms with Gasteiger partial charge in [0.2, 0.25) is 0 Å². The topological polar surface area (TPSA) is 237 Å². The Bertz CT molecular complexity index is 1800. The van der Waals surface area contributed by atoms with Crippen LogP contribution in [-0.2, 0) is 65.4 Å². The summed E-state index contributed by atoms with van der Waals surface area (Å²) in [5.41, 5.74) is 0. The molecule has 6 atom stereocenters. The first-order chi connectivity index (χ1) is 44.3. The minimum absolute atomic E-state index is 0.106. The van der Waals surface area contributed by atoms with Gasteiger partial charge >= 0.3 is 39.5 Å². The Hall–Kier alpha value is -1.94. The highest BCUT2D eigenvalue weighted by Gasteiger charge is 2.30. The van der Waals surface area contributed by atoms with Crippen molar-refractivity contribution in [1.29, 1.82) is 0 Å². The van der Waals surface area contributed by atoms with Crippen molar-refractivity contribution in [2.75, 3.05) is 39.6 Å². The van der Waals surface area contributed by atoms with Crippen LogP contribution in [0.2, 0.25) is 0 Å². The van der Waals surface area contributed by atoms with Crippen LogP contribution in [-0.4, -0.2) is 96.7 Å². The first-order valence-electron chi connectivity index (χ1n) is 37.9. The van der Waals surface area contributed by atoms with Gasteiger partial charge in [-0.3, -0.25) is 37.3 Å². The Kier molecular flexibility index (Phi) is 62.4. The average Bonchev–Trinajstić information content (AvgIpc) is 1.66. The van der Waals surface area contributed by atoms with E-state index in [1.807, 2.05) is 0 Å². The summed E-state index contributed by atoms with van der Waals surface area (Å²) >= 11 is 0. The number of hydrogen-bond donors (Lipinski definition) is 3. The lowest BCUT2D eigenvalue weighted by Gasteiger charge is -2.21. The Labute approximate surface area is 562 Å². The fraction of sp³-hybridized carbons (Fsp3) is 0.945. The van der Waals surface area contributed by atoms with Crippen molar-refractivity contribution >= 4 is 39.5 Å². The van der Waals surface area contributed by atoms with Crippen molar-refractivity contribution < 1.29 is 80.2 Å². The van der Waals surface area contributed by atoms with Crippen LogP contribution in [0.1, 0.15) is 370 Å². The molecule has 0 saturated heterocycles. The van der Waals surface area contributed by atoms with Crippen LogP contribution in [0.4, 0.5) is 0 Å². The van der Waals surface area contributed by atoms with E-state index in [4.69, 9.17) is 37.0 Å². The third-order valence-corrected chi connectivity index (χ3v) is 19.1. The van der Waals surface area contributed by atoms with Gasteiger partial charge in [-0.2, -0.15) is 0 Å². The average molecular weight is 1350 g/mol. The Balaban J connectivity index is 5.26. The summed E-state index contributed by atoms with van der Waals surface area (Å²) in [5, 5.41) is 10.6. The minimum Gasteiger partial charge on any atom is -0.462 e. The molecule has 0 saturated carbocycles. The van der Waals surface area contributed by atoms with E-state index in [0.717, 1.165) is 108 Å². The Morgan fingerprint density at radius 2 is 0.554 bits per heavy atom. The summed E-state index contributed by atoms with van der Waals surface area (Å²) in [4.78, 5) is 72.7. The van der Waals surface area contributed by atoms with Gasteiger partial charge in [-0.05, 0) is 43.4 Å². The zero-order valence-corrected chi connectivity index (χ0v) is 61.8. The van der Waals surface area contributed by atoms with Gasteiger partial charge in [-0.25, -0.2) is 9.13 Å². The van der Waals surface area contributed by atoms with Crippen LogP contribution in [0.25, 0.3) is 0 Å². The number of aliphatic hydroxyl groups excluding tert-OH is 1. The maximum atomic E-state index is 13.1. The third kappa shape index (κ3) is 65.4. The molecule has 0 heterocycles. The highest BCUT2D eigenvalue weighted by atomic mass is 31.2. The lowest BCUT2D eigenvalue weighted by Crippen LogP contribution is -2.30. The molecule has 0 aliphatic heterocycles. The number of hydrogen-bond acceptors (Lipinski definition) is 15. The number of carbonyl (C=O) groups is 4. The smallest absolute Gasteiger partial charge is 0.462 e. The SMILES string of the molecule is CCCCCCCCCCCCCCCCC(=O)O[C@H](COC(=O)CCCCCCCCCC(C)C)COP(=O)(O)OC[C@H](O)COP(=O)(O)OC[C@@H](COC(=O)CCCCCCCCCCCCC(C)CC)OC(=O)CCCCCCCCCCCCCC(C)C. The molecule has 0 amide bonds. The van der Waals surface area contributed by atoms with E-state index in [9.17, 15) is 43.2 Å². The van der Waals surface area contributed by atoms with Crippen molar-refractivity contribution in [1.82, 2.24) is 0 Å². The maximum Gasteiger partial charge on any atom is 0.472 e. The van der Waals surface area contributed by atoms with Crippen LogP contribution in [0.5, 0.6) is 0 Å². The minimum atomic E-state index is -4.95. The molecule has 0 rings (SSSR count). The van der Waals surface area contributed by atoms with Crippen molar-refractivity contribution in [3.63, 3.8) is 0 Å². The predicted molar refractivity (Wildman–Crippen MR) is 372 cm³/mol. The molecule has 0 aliphatic rings. The Morgan fingerprint density at radius 3 is 0.826 bits per heavy atom. The second-order valence-electron chi connectivity index (χ2n) is 27.5. The van der Waals surface area contributed by atoms with Gasteiger partial charge in [0.25, 0.3) is 0 Å². The lowest BCUT2D eigenvalue weighted by molar-refractivity contribution is -0.161. The number of rotatable bonds is 71. The van der Waals surface area contributed by atoms with Gasteiger partial charge in [0.05, 0.1) is 26.4 Å². The number of aliphatic hydroxyl groups is 1. The second-order valence-corrected chi connectivity index (χ2v) is 30.4. The van der Waals surface area contributed by atoms with Gasteiger partial charge in [0.15, 0.2) is 12.2 Å². The maximum absolute atomic E-state index is 13.1. The van der Waals surface area contributed by atoms with Crippen LogP contribution in [0.3, 0.4) is 0 Å². The summed E-state index contributed by atoms with van der Waals surface area (Å²) in [6.07, 6.45) is 48.5. The van der Waals surface area contributed by atoms with Gasteiger partial charge in [-0.15, -0.1) is 0 Å². The van der Waals surface area contributed by atoms with E-state index in [-0.39, 0.29) is 25.7 Å². The van der Waals surface area contributed by atoms with Crippen molar-refractivity contribution in [2.24, 2.45) is 17.8 Å². The molecule has 0 fully saturated rings. The summed E-state index contributed by atoms with van der Waals surface area (Å²) in [5.74, 6) is 0.159. The third-order valence-electron chi connectivity index (χ3n) is 17.2.